The van der Waals surface area contributed by atoms with Crippen molar-refractivity contribution in [2.24, 2.45) is 0 Å². The lowest BCUT2D eigenvalue weighted by molar-refractivity contribution is 0.370. The van der Waals surface area contributed by atoms with Crippen LogP contribution in [0.25, 0.3) is 27.9 Å². The van der Waals surface area contributed by atoms with Crippen molar-refractivity contribution < 1.29 is 0 Å². The fraction of sp³-hybridized carbons (Fsp3) is 0.278. The highest BCUT2D eigenvalue weighted by molar-refractivity contribution is 5.82. The summed E-state index contributed by atoms with van der Waals surface area (Å²) in [6.07, 6.45) is 5.79. The van der Waals surface area contributed by atoms with Gasteiger partial charge in [-0.25, -0.2) is 14.3 Å². The molecule has 126 valence electrons. The second-order valence-corrected chi connectivity index (χ2v) is 6.46. The van der Waals surface area contributed by atoms with E-state index in [1.54, 1.807) is 4.57 Å². The zero-order valence-electron chi connectivity index (χ0n) is 13.6. The molecule has 4 aromatic heterocycles. The minimum atomic E-state index is -0.0896. The number of aromatic amines is 1. The van der Waals surface area contributed by atoms with Crippen molar-refractivity contribution in [2.75, 3.05) is 13.1 Å². The van der Waals surface area contributed by atoms with Crippen molar-refractivity contribution in [1.82, 2.24) is 29.5 Å². The fourth-order valence-corrected chi connectivity index (χ4v) is 3.68. The molecule has 0 aliphatic carbocycles. The van der Waals surface area contributed by atoms with Gasteiger partial charge in [0.05, 0.1) is 29.0 Å². The van der Waals surface area contributed by atoms with Crippen LogP contribution >= 0.6 is 0 Å². The topological polar surface area (TPSA) is 80.0 Å². The summed E-state index contributed by atoms with van der Waals surface area (Å²) in [6, 6.07) is 9.95. The Kier molecular flexibility index (Phi) is 3.21. The first-order chi connectivity index (χ1) is 12.3. The predicted molar refractivity (Wildman–Crippen MR) is 95.7 cm³/mol. The van der Waals surface area contributed by atoms with Crippen LogP contribution in [-0.4, -0.2) is 37.2 Å². The molecule has 1 saturated heterocycles. The lowest BCUT2D eigenvalue weighted by Crippen LogP contribution is -2.35. The van der Waals surface area contributed by atoms with Gasteiger partial charge in [0.15, 0.2) is 5.65 Å². The van der Waals surface area contributed by atoms with Gasteiger partial charge in [-0.05, 0) is 43.7 Å². The molecule has 7 nitrogen and oxygen atoms in total. The molecule has 0 radical (unpaired) electrons. The summed E-state index contributed by atoms with van der Waals surface area (Å²) in [4.78, 5) is 20.2. The molecule has 0 amide bonds. The second kappa shape index (κ2) is 5.56. The third-order valence-electron chi connectivity index (χ3n) is 4.90. The molecule has 0 aromatic carbocycles. The summed E-state index contributed by atoms with van der Waals surface area (Å²) in [5.41, 5.74) is 4.18. The lowest BCUT2D eigenvalue weighted by Gasteiger charge is -2.23. The van der Waals surface area contributed by atoms with Gasteiger partial charge < -0.3 is 10.3 Å². The standard InChI is InChI=1S/C18H18N6O/c25-18-22-15-7-6-14(13-11-20-23-9-2-1-5-16(13)23)21-17(15)24(18)12-4-3-8-19-10-12/h1-2,5-7,9,11-12,19H,3-4,8,10H2,(H,22,25). The van der Waals surface area contributed by atoms with Gasteiger partial charge in [0, 0.05) is 18.3 Å². The molecule has 7 heteroatoms. The number of piperidine rings is 1. The number of aromatic nitrogens is 5. The number of H-pyrrole nitrogens is 1. The minimum absolute atomic E-state index is 0.0896. The summed E-state index contributed by atoms with van der Waals surface area (Å²) in [6.45, 7) is 1.81. The first-order valence-electron chi connectivity index (χ1n) is 8.56. The fourth-order valence-electron chi connectivity index (χ4n) is 3.68. The number of hydrogen-bond acceptors (Lipinski definition) is 4. The maximum Gasteiger partial charge on any atom is 0.327 e. The highest BCUT2D eigenvalue weighted by Gasteiger charge is 2.21. The SMILES string of the molecule is O=c1[nH]c2ccc(-c3cnn4ccccc34)nc2n1C1CCCNC1. The molecule has 1 aliphatic rings. The number of fused-ring (bicyclic) bond motifs is 2. The van der Waals surface area contributed by atoms with E-state index >= 15 is 0 Å². The van der Waals surface area contributed by atoms with Gasteiger partial charge in [-0.15, -0.1) is 0 Å². The average molecular weight is 334 g/mol. The average Bonchev–Trinajstić information content (AvgIpc) is 3.22. The van der Waals surface area contributed by atoms with Crippen molar-refractivity contribution in [3.8, 4) is 11.3 Å². The van der Waals surface area contributed by atoms with Gasteiger partial charge in [-0.3, -0.25) is 4.57 Å². The highest BCUT2D eigenvalue weighted by atomic mass is 16.1. The number of nitrogens with zero attached hydrogens (tertiary/aromatic N) is 4. The van der Waals surface area contributed by atoms with Crippen LogP contribution in [0.3, 0.4) is 0 Å². The number of pyridine rings is 2. The van der Waals surface area contributed by atoms with E-state index in [-0.39, 0.29) is 11.7 Å². The largest absolute Gasteiger partial charge is 0.327 e. The number of rotatable bonds is 2. The maximum absolute atomic E-state index is 12.5. The van der Waals surface area contributed by atoms with Crippen LogP contribution in [0, 0.1) is 0 Å². The molecular weight excluding hydrogens is 316 g/mol. The molecule has 1 fully saturated rings. The van der Waals surface area contributed by atoms with Crippen LogP contribution in [0.4, 0.5) is 0 Å². The molecule has 1 atom stereocenters. The smallest absolute Gasteiger partial charge is 0.315 e. The summed E-state index contributed by atoms with van der Waals surface area (Å²) >= 11 is 0. The highest BCUT2D eigenvalue weighted by Crippen LogP contribution is 2.26. The van der Waals surface area contributed by atoms with Crippen LogP contribution in [0.5, 0.6) is 0 Å². The van der Waals surface area contributed by atoms with Gasteiger partial charge in [0.1, 0.15) is 0 Å². The molecule has 0 bridgehead atoms. The van der Waals surface area contributed by atoms with Crippen LogP contribution in [-0.2, 0) is 0 Å². The van der Waals surface area contributed by atoms with E-state index in [1.807, 2.05) is 47.2 Å². The quantitative estimate of drug-likeness (QED) is 0.587. The van der Waals surface area contributed by atoms with E-state index in [4.69, 9.17) is 4.98 Å². The van der Waals surface area contributed by atoms with Crippen molar-refractivity contribution in [2.45, 2.75) is 18.9 Å². The molecular formula is C18H18N6O. The third kappa shape index (κ3) is 2.27. The Labute approximate surface area is 143 Å². The molecule has 4 aromatic rings. The van der Waals surface area contributed by atoms with Gasteiger partial charge in [-0.2, -0.15) is 5.10 Å². The van der Waals surface area contributed by atoms with Crippen molar-refractivity contribution in [3.05, 3.63) is 53.2 Å². The van der Waals surface area contributed by atoms with Gasteiger partial charge >= 0.3 is 5.69 Å². The molecule has 5 rings (SSSR count). The first-order valence-corrected chi connectivity index (χ1v) is 8.56. The van der Waals surface area contributed by atoms with Crippen molar-refractivity contribution >= 4 is 16.7 Å². The van der Waals surface area contributed by atoms with E-state index in [0.717, 1.165) is 48.2 Å². The van der Waals surface area contributed by atoms with Crippen molar-refractivity contribution in [1.29, 1.82) is 0 Å². The summed E-state index contributed by atoms with van der Waals surface area (Å²) in [5.74, 6) is 0. The third-order valence-corrected chi connectivity index (χ3v) is 4.90. The Balaban J connectivity index is 1.69. The van der Waals surface area contributed by atoms with Gasteiger partial charge in [0.2, 0.25) is 0 Å². The Morgan fingerprint density at radius 3 is 3.04 bits per heavy atom. The molecule has 2 N–H and O–H groups in total. The predicted octanol–water partition coefficient (Wildman–Crippen LogP) is 1.96. The summed E-state index contributed by atoms with van der Waals surface area (Å²) in [7, 11) is 0. The normalized spacial score (nSPS) is 18.2. The van der Waals surface area contributed by atoms with E-state index in [1.165, 1.54) is 0 Å². The molecule has 0 spiro atoms. The van der Waals surface area contributed by atoms with Crippen molar-refractivity contribution in [3.63, 3.8) is 0 Å². The Morgan fingerprint density at radius 2 is 2.16 bits per heavy atom. The molecule has 1 unspecified atom stereocenters. The van der Waals surface area contributed by atoms with E-state index in [2.05, 4.69) is 15.4 Å². The van der Waals surface area contributed by atoms with Crippen LogP contribution in [0.1, 0.15) is 18.9 Å². The number of hydrogen-bond donors (Lipinski definition) is 2. The van der Waals surface area contributed by atoms with Crippen LogP contribution in [0.2, 0.25) is 0 Å². The minimum Gasteiger partial charge on any atom is -0.315 e. The maximum atomic E-state index is 12.5. The second-order valence-electron chi connectivity index (χ2n) is 6.46. The molecule has 25 heavy (non-hydrogen) atoms. The van der Waals surface area contributed by atoms with Crippen LogP contribution < -0.4 is 11.0 Å². The summed E-state index contributed by atoms with van der Waals surface area (Å²) in [5, 5.41) is 7.75. The number of imidazole rings is 1. The van der Waals surface area contributed by atoms with Gasteiger partial charge in [-0.1, -0.05) is 6.07 Å². The molecule has 1 aliphatic heterocycles. The lowest BCUT2D eigenvalue weighted by atomic mass is 10.1. The zero-order valence-corrected chi connectivity index (χ0v) is 13.6. The first kappa shape index (κ1) is 14.4. The molecule has 0 saturated carbocycles. The summed E-state index contributed by atoms with van der Waals surface area (Å²) < 4.78 is 3.63. The molecule has 5 heterocycles. The van der Waals surface area contributed by atoms with Gasteiger partial charge in [0.25, 0.3) is 0 Å². The monoisotopic (exact) mass is 334 g/mol. The van der Waals surface area contributed by atoms with Crippen LogP contribution in [0.15, 0.2) is 47.5 Å². The Hall–Kier alpha value is -2.93. The Bertz CT molecular complexity index is 1120. The van der Waals surface area contributed by atoms with E-state index in [0.29, 0.717) is 5.65 Å². The Morgan fingerprint density at radius 1 is 1.20 bits per heavy atom. The zero-order chi connectivity index (χ0) is 16.8. The van der Waals surface area contributed by atoms with E-state index in [9.17, 15) is 4.79 Å². The van der Waals surface area contributed by atoms with E-state index < -0.39 is 0 Å². The number of nitrogens with one attached hydrogen (secondary N) is 2.